The molecule has 0 fully saturated rings. The molecule has 3 nitrogen and oxygen atoms in total. The van der Waals surface area contributed by atoms with Crippen LogP contribution in [0.4, 0.5) is 0 Å². The average molecular weight is 269 g/mol. The molecule has 4 heteroatoms. The van der Waals surface area contributed by atoms with Crippen LogP contribution in [0.15, 0.2) is 24.3 Å². The number of amides is 1. The Morgan fingerprint density at radius 2 is 1.94 bits per heavy atom. The van der Waals surface area contributed by atoms with E-state index in [1.165, 1.54) is 5.56 Å². The molecular formula is C14H21ClN2O. The van der Waals surface area contributed by atoms with Gasteiger partial charge in [-0.15, -0.1) is 0 Å². The van der Waals surface area contributed by atoms with Gasteiger partial charge in [0, 0.05) is 24.5 Å². The Morgan fingerprint density at radius 3 is 2.56 bits per heavy atom. The third kappa shape index (κ3) is 6.62. The minimum absolute atomic E-state index is 0.130. The van der Waals surface area contributed by atoms with Gasteiger partial charge < -0.3 is 10.2 Å². The van der Waals surface area contributed by atoms with Crippen LogP contribution < -0.4 is 5.32 Å². The maximum absolute atomic E-state index is 11.5. The van der Waals surface area contributed by atoms with Crippen LogP contribution in [0.1, 0.15) is 18.4 Å². The summed E-state index contributed by atoms with van der Waals surface area (Å²) in [4.78, 5) is 13.6. The number of benzene rings is 1. The lowest BCUT2D eigenvalue weighted by Crippen LogP contribution is -2.31. The smallest absolute Gasteiger partial charge is 0.220 e. The van der Waals surface area contributed by atoms with Crippen molar-refractivity contribution in [2.75, 3.05) is 27.2 Å². The first-order valence-electron chi connectivity index (χ1n) is 6.24. The molecule has 100 valence electrons. The van der Waals surface area contributed by atoms with E-state index in [1.807, 2.05) is 43.3 Å². The van der Waals surface area contributed by atoms with Crippen LogP contribution in [0.3, 0.4) is 0 Å². The van der Waals surface area contributed by atoms with Crippen molar-refractivity contribution in [2.24, 2.45) is 0 Å². The van der Waals surface area contributed by atoms with Crippen molar-refractivity contribution >= 4 is 17.5 Å². The molecule has 1 amide bonds. The molecule has 0 aromatic heterocycles. The summed E-state index contributed by atoms with van der Waals surface area (Å²) in [5.41, 5.74) is 1.22. The van der Waals surface area contributed by atoms with Crippen LogP contribution in [0, 0.1) is 0 Å². The zero-order chi connectivity index (χ0) is 13.4. The Balaban J connectivity index is 2.13. The summed E-state index contributed by atoms with van der Waals surface area (Å²) in [5, 5.41) is 3.66. The fourth-order valence-corrected chi connectivity index (χ4v) is 1.74. The summed E-state index contributed by atoms with van der Waals surface area (Å²) < 4.78 is 0. The van der Waals surface area contributed by atoms with Gasteiger partial charge in [0.2, 0.25) is 5.91 Å². The fourth-order valence-electron chi connectivity index (χ4n) is 1.61. The molecule has 0 heterocycles. The van der Waals surface area contributed by atoms with Crippen molar-refractivity contribution in [3.05, 3.63) is 34.9 Å². The maximum Gasteiger partial charge on any atom is 0.220 e. The summed E-state index contributed by atoms with van der Waals surface area (Å²) in [6.07, 6.45) is 2.36. The van der Waals surface area contributed by atoms with Crippen molar-refractivity contribution in [1.29, 1.82) is 0 Å². The summed E-state index contributed by atoms with van der Waals surface area (Å²) in [6.45, 7) is 1.59. The quantitative estimate of drug-likeness (QED) is 0.823. The molecular weight excluding hydrogens is 248 g/mol. The molecule has 18 heavy (non-hydrogen) atoms. The van der Waals surface area contributed by atoms with Crippen LogP contribution in [0.25, 0.3) is 0 Å². The second-order valence-corrected chi connectivity index (χ2v) is 5.07. The number of carbonyl (C=O) groups excluding carboxylic acids is 1. The van der Waals surface area contributed by atoms with Gasteiger partial charge in [0.1, 0.15) is 0 Å². The normalized spacial score (nSPS) is 10.7. The SMILES string of the molecule is CN(C)CCNC(=O)CCCc1ccc(Cl)cc1. The highest BCUT2D eigenvalue weighted by Crippen LogP contribution is 2.11. The van der Waals surface area contributed by atoms with E-state index in [0.29, 0.717) is 13.0 Å². The Labute approximate surface area is 114 Å². The van der Waals surface area contributed by atoms with Gasteiger partial charge in [-0.05, 0) is 44.6 Å². The second-order valence-electron chi connectivity index (χ2n) is 4.63. The highest BCUT2D eigenvalue weighted by atomic mass is 35.5. The van der Waals surface area contributed by atoms with Crippen molar-refractivity contribution in [3.63, 3.8) is 0 Å². The maximum atomic E-state index is 11.5. The number of carbonyl (C=O) groups is 1. The summed E-state index contributed by atoms with van der Waals surface area (Å²) >= 11 is 5.81. The zero-order valence-electron chi connectivity index (χ0n) is 11.1. The number of aryl methyl sites for hydroxylation is 1. The molecule has 1 aromatic carbocycles. The van der Waals surface area contributed by atoms with E-state index < -0.39 is 0 Å². The molecule has 0 radical (unpaired) electrons. The molecule has 1 aromatic rings. The average Bonchev–Trinajstić information content (AvgIpc) is 2.31. The van der Waals surface area contributed by atoms with Gasteiger partial charge in [-0.2, -0.15) is 0 Å². The van der Waals surface area contributed by atoms with Crippen molar-refractivity contribution in [3.8, 4) is 0 Å². The van der Waals surface area contributed by atoms with Crippen molar-refractivity contribution in [2.45, 2.75) is 19.3 Å². The molecule has 1 N–H and O–H groups in total. The standard InChI is InChI=1S/C14H21ClN2O/c1-17(2)11-10-16-14(18)5-3-4-12-6-8-13(15)9-7-12/h6-9H,3-5,10-11H2,1-2H3,(H,16,18). The molecule has 0 saturated carbocycles. The molecule has 0 aliphatic heterocycles. The lowest BCUT2D eigenvalue weighted by Gasteiger charge is -2.10. The first kappa shape index (κ1) is 15.0. The molecule has 0 bridgehead atoms. The fraction of sp³-hybridized carbons (Fsp3) is 0.500. The van der Waals surface area contributed by atoms with E-state index in [0.717, 1.165) is 24.4 Å². The summed E-state index contributed by atoms with van der Waals surface area (Å²) in [5.74, 6) is 0.130. The lowest BCUT2D eigenvalue weighted by atomic mass is 10.1. The van der Waals surface area contributed by atoms with Gasteiger partial charge in [0.15, 0.2) is 0 Å². The number of halogens is 1. The van der Waals surface area contributed by atoms with Crippen LogP contribution in [0.2, 0.25) is 5.02 Å². The summed E-state index contributed by atoms with van der Waals surface area (Å²) in [6, 6.07) is 7.78. The van der Waals surface area contributed by atoms with E-state index in [4.69, 9.17) is 11.6 Å². The molecule has 0 atom stereocenters. The summed E-state index contributed by atoms with van der Waals surface area (Å²) in [7, 11) is 3.99. The number of rotatable bonds is 7. The van der Waals surface area contributed by atoms with Crippen molar-refractivity contribution < 1.29 is 4.79 Å². The molecule has 0 aliphatic rings. The zero-order valence-corrected chi connectivity index (χ0v) is 11.8. The van der Waals surface area contributed by atoms with Crippen LogP contribution >= 0.6 is 11.6 Å². The van der Waals surface area contributed by atoms with Gasteiger partial charge in [-0.25, -0.2) is 0 Å². The van der Waals surface area contributed by atoms with Gasteiger partial charge in [-0.1, -0.05) is 23.7 Å². The van der Waals surface area contributed by atoms with Gasteiger partial charge >= 0.3 is 0 Å². The molecule has 0 aliphatic carbocycles. The monoisotopic (exact) mass is 268 g/mol. The Kier molecular flexibility index (Phi) is 6.76. The largest absolute Gasteiger partial charge is 0.355 e. The van der Waals surface area contributed by atoms with Gasteiger partial charge in [-0.3, -0.25) is 4.79 Å². The third-order valence-corrected chi connectivity index (χ3v) is 2.92. The highest BCUT2D eigenvalue weighted by Gasteiger charge is 2.01. The van der Waals surface area contributed by atoms with Crippen LogP contribution in [-0.2, 0) is 11.2 Å². The molecule has 0 saturated heterocycles. The molecule has 1 rings (SSSR count). The Hall–Kier alpha value is -1.06. The number of nitrogens with zero attached hydrogens (tertiary/aromatic N) is 1. The number of nitrogens with one attached hydrogen (secondary N) is 1. The van der Waals surface area contributed by atoms with Crippen LogP contribution in [0.5, 0.6) is 0 Å². The highest BCUT2D eigenvalue weighted by molar-refractivity contribution is 6.30. The topological polar surface area (TPSA) is 32.3 Å². The minimum atomic E-state index is 0.130. The van der Waals surface area contributed by atoms with E-state index in [-0.39, 0.29) is 5.91 Å². The first-order valence-corrected chi connectivity index (χ1v) is 6.61. The Bertz CT molecular complexity index is 363. The predicted octanol–water partition coefficient (Wildman–Crippen LogP) is 2.34. The number of hydrogen-bond acceptors (Lipinski definition) is 2. The predicted molar refractivity (Wildman–Crippen MR) is 76.0 cm³/mol. The number of hydrogen-bond donors (Lipinski definition) is 1. The first-order chi connectivity index (χ1) is 8.58. The van der Waals surface area contributed by atoms with Gasteiger partial charge in [0.25, 0.3) is 0 Å². The van der Waals surface area contributed by atoms with E-state index in [1.54, 1.807) is 0 Å². The Morgan fingerprint density at radius 1 is 1.28 bits per heavy atom. The minimum Gasteiger partial charge on any atom is -0.355 e. The van der Waals surface area contributed by atoms with E-state index in [9.17, 15) is 4.79 Å². The number of likely N-dealkylation sites (N-methyl/N-ethyl adjacent to an activating group) is 1. The van der Waals surface area contributed by atoms with E-state index >= 15 is 0 Å². The second kappa shape index (κ2) is 8.11. The molecule has 0 unspecified atom stereocenters. The van der Waals surface area contributed by atoms with Gasteiger partial charge in [0.05, 0.1) is 0 Å². The molecule has 0 spiro atoms. The third-order valence-electron chi connectivity index (χ3n) is 2.66. The van der Waals surface area contributed by atoms with Crippen molar-refractivity contribution in [1.82, 2.24) is 10.2 Å². The van der Waals surface area contributed by atoms with Crippen LogP contribution in [-0.4, -0.2) is 38.0 Å². The lowest BCUT2D eigenvalue weighted by molar-refractivity contribution is -0.121. The van der Waals surface area contributed by atoms with E-state index in [2.05, 4.69) is 5.32 Å².